The molecule has 4 heteroatoms. The minimum Gasteiger partial charge on any atom is -0.393 e. The van der Waals surface area contributed by atoms with E-state index in [-0.39, 0.29) is 18.2 Å². The highest BCUT2D eigenvalue weighted by Crippen LogP contribution is 1.94. The number of nitrogens with one attached hydrogen (secondary N) is 1. The van der Waals surface area contributed by atoms with E-state index >= 15 is 0 Å². The Morgan fingerprint density at radius 2 is 2.00 bits per heavy atom. The summed E-state index contributed by atoms with van der Waals surface area (Å²) >= 11 is 0. The van der Waals surface area contributed by atoms with Crippen LogP contribution in [-0.2, 0) is 0 Å². The lowest BCUT2D eigenvalue weighted by molar-refractivity contribution is 0.163. The van der Waals surface area contributed by atoms with E-state index < -0.39 is 0 Å². The van der Waals surface area contributed by atoms with Crippen molar-refractivity contribution in [2.24, 2.45) is 0 Å². The summed E-state index contributed by atoms with van der Waals surface area (Å²) in [6.07, 6.45) is 0.261. The smallest absolute Gasteiger partial charge is 0.317 e. The third kappa shape index (κ3) is 6.40. The molecule has 1 atom stereocenters. The van der Waals surface area contributed by atoms with E-state index in [1.165, 1.54) is 0 Å². The van der Waals surface area contributed by atoms with Gasteiger partial charge in [-0.05, 0) is 27.2 Å². The highest BCUT2D eigenvalue weighted by atomic mass is 16.3. The predicted molar refractivity (Wildman–Crippen MR) is 52.6 cm³/mol. The van der Waals surface area contributed by atoms with Crippen molar-refractivity contribution in [2.45, 2.75) is 39.3 Å². The maximum absolute atomic E-state index is 11.3. The number of hydrogen-bond donors (Lipinski definition) is 2. The Labute approximate surface area is 79.9 Å². The van der Waals surface area contributed by atoms with Crippen LogP contribution in [0, 0.1) is 0 Å². The third-order valence-electron chi connectivity index (χ3n) is 1.64. The van der Waals surface area contributed by atoms with Gasteiger partial charge < -0.3 is 15.3 Å². The monoisotopic (exact) mass is 188 g/mol. The molecule has 0 bridgehead atoms. The molecule has 0 aliphatic heterocycles. The highest BCUT2D eigenvalue weighted by Gasteiger charge is 2.09. The van der Waals surface area contributed by atoms with E-state index in [4.69, 9.17) is 5.11 Å². The van der Waals surface area contributed by atoms with Crippen LogP contribution in [0.15, 0.2) is 0 Å². The average Bonchev–Trinajstić information content (AvgIpc) is 1.98. The molecule has 4 nitrogen and oxygen atoms in total. The van der Waals surface area contributed by atoms with E-state index in [2.05, 4.69) is 5.32 Å². The van der Waals surface area contributed by atoms with Crippen molar-refractivity contribution in [3.05, 3.63) is 0 Å². The van der Waals surface area contributed by atoms with Gasteiger partial charge in [-0.1, -0.05) is 0 Å². The number of rotatable bonds is 4. The van der Waals surface area contributed by atoms with Crippen LogP contribution in [0.5, 0.6) is 0 Å². The van der Waals surface area contributed by atoms with Crippen LogP contribution in [0.3, 0.4) is 0 Å². The summed E-state index contributed by atoms with van der Waals surface area (Å²) in [5.74, 6) is 0. The van der Waals surface area contributed by atoms with Crippen molar-refractivity contribution in [2.75, 3.05) is 13.6 Å². The molecule has 0 aliphatic rings. The normalized spacial score (nSPS) is 12.8. The van der Waals surface area contributed by atoms with Gasteiger partial charge in [-0.25, -0.2) is 4.79 Å². The molecule has 0 saturated carbocycles. The zero-order valence-electron chi connectivity index (χ0n) is 8.87. The van der Waals surface area contributed by atoms with Gasteiger partial charge in [0.25, 0.3) is 0 Å². The van der Waals surface area contributed by atoms with Crippen molar-refractivity contribution >= 4 is 6.03 Å². The van der Waals surface area contributed by atoms with Crippen LogP contribution >= 0.6 is 0 Å². The van der Waals surface area contributed by atoms with Crippen LogP contribution < -0.4 is 5.32 Å². The van der Waals surface area contributed by atoms with E-state index in [1.54, 1.807) is 18.9 Å². The van der Waals surface area contributed by atoms with Gasteiger partial charge >= 0.3 is 6.03 Å². The van der Waals surface area contributed by atoms with Crippen LogP contribution in [0.4, 0.5) is 4.79 Å². The Hall–Kier alpha value is -0.770. The number of carbonyl (C=O) groups is 1. The van der Waals surface area contributed by atoms with Crippen molar-refractivity contribution in [3.8, 4) is 0 Å². The summed E-state index contributed by atoms with van der Waals surface area (Å²) in [6.45, 7) is 6.13. The number of nitrogens with zero attached hydrogens (tertiary/aromatic N) is 1. The second-order valence-electron chi connectivity index (χ2n) is 3.66. The third-order valence-corrected chi connectivity index (χ3v) is 1.64. The molecule has 0 spiro atoms. The Bertz CT molecular complexity index is 158. The fraction of sp³-hybridized carbons (Fsp3) is 0.889. The summed E-state index contributed by atoms with van der Waals surface area (Å²) in [5, 5.41) is 11.8. The Kier molecular flexibility index (Phi) is 5.46. The van der Waals surface area contributed by atoms with Crippen LogP contribution in [0.2, 0.25) is 0 Å². The summed E-state index contributed by atoms with van der Waals surface area (Å²) in [6, 6.07) is 0.0668. The van der Waals surface area contributed by atoms with Gasteiger partial charge in [-0.3, -0.25) is 0 Å². The van der Waals surface area contributed by atoms with Crippen molar-refractivity contribution < 1.29 is 9.90 Å². The summed E-state index contributed by atoms with van der Waals surface area (Å²) in [4.78, 5) is 12.9. The van der Waals surface area contributed by atoms with E-state index in [1.807, 2.05) is 13.8 Å². The van der Waals surface area contributed by atoms with Gasteiger partial charge in [0.15, 0.2) is 0 Å². The average molecular weight is 188 g/mol. The quantitative estimate of drug-likeness (QED) is 0.686. The Morgan fingerprint density at radius 1 is 1.46 bits per heavy atom. The van der Waals surface area contributed by atoms with Gasteiger partial charge in [0.2, 0.25) is 0 Å². The maximum atomic E-state index is 11.3. The predicted octanol–water partition coefficient (Wildman–Crippen LogP) is 0.807. The van der Waals surface area contributed by atoms with Gasteiger partial charge in [-0.15, -0.1) is 0 Å². The van der Waals surface area contributed by atoms with Gasteiger partial charge in [0.1, 0.15) is 0 Å². The molecular formula is C9H20N2O2. The Balaban J connectivity index is 3.69. The number of aliphatic hydroxyl groups excluding tert-OH is 1. The maximum Gasteiger partial charge on any atom is 0.317 e. The van der Waals surface area contributed by atoms with Crippen LogP contribution in [0.25, 0.3) is 0 Å². The summed E-state index contributed by atoms with van der Waals surface area (Å²) < 4.78 is 0. The minimum atomic E-state index is -0.353. The van der Waals surface area contributed by atoms with E-state index in [9.17, 15) is 4.79 Å². The lowest BCUT2D eigenvalue weighted by Gasteiger charge is -2.20. The molecule has 0 aromatic rings. The van der Waals surface area contributed by atoms with Crippen molar-refractivity contribution in [3.63, 3.8) is 0 Å². The lowest BCUT2D eigenvalue weighted by atomic mass is 10.3. The molecule has 0 aromatic heterocycles. The van der Waals surface area contributed by atoms with E-state index in [0.29, 0.717) is 13.0 Å². The summed E-state index contributed by atoms with van der Waals surface area (Å²) in [7, 11) is 1.72. The van der Waals surface area contributed by atoms with Gasteiger partial charge in [0.05, 0.1) is 6.10 Å². The first-order chi connectivity index (χ1) is 5.93. The zero-order valence-corrected chi connectivity index (χ0v) is 8.87. The molecule has 0 aromatic carbocycles. The largest absolute Gasteiger partial charge is 0.393 e. The number of amides is 2. The molecule has 0 rings (SSSR count). The van der Waals surface area contributed by atoms with Crippen LogP contribution in [0.1, 0.15) is 27.2 Å². The lowest BCUT2D eigenvalue weighted by Crippen LogP contribution is -2.41. The fourth-order valence-electron chi connectivity index (χ4n) is 0.839. The summed E-state index contributed by atoms with van der Waals surface area (Å²) in [5.41, 5.74) is 0. The zero-order chi connectivity index (χ0) is 10.4. The highest BCUT2D eigenvalue weighted by molar-refractivity contribution is 5.74. The SMILES string of the molecule is CC(O)CCN(C)C(=O)NC(C)C. The van der Waals surface area contributed by atoms with Gasteiger partial charge in [-0.2, -0.15) is 0 Å². The first-order valence-electron chi connectivity index (χ1n) is 4.63. The number of urea groups is 1. The molecule has 2 N–H and O–H groups in total. The fourth-order valence-corrected chi connectivity index (χ4v) is 0.839. The molecular weight excluding hydrogens is 168 g/mol. The molecule has 2 amide bonds. The Morgan fingerprint density at radius 3 is 2.38 bits per heavy atom. The van der Waals surface area contributed by atoms with Crippen LogP contribution in [-0.4, -0.2) is 41.8 Å². The van der Waals surface area contributed by atoms with Crippen molar-refractivity contribution in [1.82, 2.24) is 10.2 Å². The molecule has 0 aliphatic carbocycles. The van der Waals surface area contributed by atoms with Gasteiger partial charge in [0, 0.05) is 19.6 Å². The molecule has 0 saturated heterocycles. The number of hydrogen-bond acceptors (Lipinski definition) is 2. The first kappa shape index (κ1) is 12.2. The van der Waals surface area contributed by atoms with E-state index in [0.717, 1.165) is 0 Å². The molecule has 1 unspecified atom stereocenters. The second kappa shape index (κ2) is 5.80. The topological polar surface area (TPSA) is 52.6 Å². The van der Waals surface area contributed by atoms with Crippen molar-refractivity contribution in [1.29, 1.82) is 0 Å². The standard InChI is InChI=1S/C9H20N2O2/c1-7(2)10-9(13)11(4)6-5-8(3)12/h7-8,12H,5-6H2,1-4H3,(H,10,13). The molecule has 0 heterocycles. The minimum absolute atomic E-state index is 0.0874. The molecule has 13 heavy (non-hydrogen) atoms. The second-order valence-corrected chi connectivity index (χ2v) is 3.66. The molecule has 0 radical (unpaired) electrons. The molecule has 78 valence electrons. The molecule has 0 fully saturated rings. The first-order valence-corrected chi connectivity index (χ1v) is 4.63. The number of aliphatic hydroxyl groups is 1. The number of carbonyl (C=O) groups excluding carboxylic acids is 1.